The summed E-state index contributed by atoms with van der Waals surface area (Å²) < 4.78 is 18.0. The van der Waals surface area contributed by atoms with Gasteiger partial charge >= 0.3 is 5.97 Å². The van der Waals surface area contributed by atoms with Gasteiger partial charge in [0.25, 0.3) is 0 Å². The fourth-order valence-electron chi connectivity index (χ4n) is 0.993. The highest BCUT2D eigenvalue weighted by Crippen LogP contribution is 2.20. The van der Waals surface area contributed by atoms with Crippen molar-refractivity contribution in [3.05, 3.63) is 41.7 Å². The Morgan fingerprint density at radius 2 is 2.27 bits per heavy atom. The normalized spacial score (nSPS) is 9.73. The summed E-state index contributed by atoms with van der Waals surface area (Å²) in [4.78, 5) is 10.8. The Labute approximate surface area is 86.8 Å². The van der Waals surface area contributed by atoms with Gasteiger partial charge in [-0.2, -0.15) is 0 Å². The molecule has 15 heavy (non-hydrogen) atoms. The number of carboxylic acid groups (broad SMARTS) is 1. The predicted molar refractivity (Wildman–Crippen MR) is 53.7 cm³/mol. The van der Waals surface area contributed by atoms with Crippen LogP contribution < -0.4 is 4.74 Å². The molecule has 0 unspecified atom stereocenters. The van der Waals surface area contributed by atoms with E-state index in [0.29, 0.717) is 0 Å². The second-order valence-electron chi connectivity index (χ2n) is 3.19. The summed E-state index contributed by atoms with van der Waals surface area (Å²) in [5.74, 6) is -1.66. The number of rotatable bonds is 4. The minimum Gasteiger partial charge on any atom is -0.488 e. The van der Waals surface area contributed by atoms with E-state index in [2.05, 4.69) is 6.58 Å². The number of hydrogen-bond acceptors (Lipinski definition) is 2. The summed E-state index contributed by atoms with van der Waals surface area (Å²) in [7, 11) is 0. The van der Waals surface area contributed by atoms with Gasteiger partial charge in [-0.15, -0.1) is 0 Å². The monoisotopic (exact) mass is 210 g/mol. The van der Waals surface area contributed by atoms with Gasteiger partial charge < -0.3 is 9.84 Å². The van der Waals surface area contributed by atoms with E-state index in [1.807, 2.05) is 0 Å². The first-order valence-electron chi connectivity index (χ1n) is 4.30. The summed E-state index contributed by atoms with van der Waals surface area (Å²) in [5.41, 5.74) is 0.674. The van der Waals surface area contributed by atoms with Gasteiger partial charge in [0.2, 0.25) is 0 Å². The van der Waals surface area contributed by atoms with E-state index in [-0.39, 0.29) is 17.9 Å². The molecular weight excluding hydrogens is 199 g/mol. The van der Waals surface area contributed by atoms with Gasteiger partial charge in [0, 0.05) is 6.07 Å². The van der Waals surface area contributed by atoms with Crippen LogP contribution >= 0.6 is 0 Å². The van der Waals surface area contributed by atoms with Crippen molar-refractivity contribution in [2.24, 2.45) is 0 Å². The van der Waals surface area contributed by atoms with E-state index in [0.717, 1.165) is 17.7 Å². The van der Waals surface area contributed by atoms with Crippen molar-refractivity contribution < 1.29 is 19.0 Å². The summed E-state index contributed by atoms with van der Waals surface area (Å²) >= 11 is 0. The Morgan fingerprint density at radius 1 is 1.60 bits per heavy atom. The topological polar surface area (TPSA) is 46.5 Å². The average Bonchev–Trinajstić information content (AvgIpc) is 2.14. The zero-order valence-electron chi connectivity index (χ0n) is 8.29. The molecular formula is C11H11FO3. The van der Waals surface area contributed by atoms with Crippen molar-refractivity contribution >= 4 is 5.97 Å². The molecule has 0 heterocycles. The van der Waals surface area contributed by atoms with Crippen LogP contribution in [0.15, 0.2) is 30.4 Å². The number of carbonyl (C=O) groups is 1. The molecule has 0 atom stereocenters. The van der Waals surface area contributed by atoms with Crippen molar-refractivity contribution in [2.45, 2.75) is 6.92 Å². The maximum absolute atomic E-state index is 12.8. The molecule has 0 bridgehead atoms. The number of benzene rings is 1. The molecule has 1 aromatic carbocycles. The lowest BCUT2D eigenvalue weighted by molar-refractivity contribution is 0.0692. The molecule has 0 aliphatic heterocycles. The molecule has 1 rings (SSSR count). The van der Waals surface area contributed by atoms with Crippen LogP contribution in [0.2, 0.25) is 0 Å². The highest BCUT2D eigenvalue weighted by atomic mass is 19.1. The molecule has 0 saturated carbocycles. The standard InChI is InChI=1S/C11H11FO3/c1-7(2)6-15-10-5-8(12)3-4-9(10)11(13)14/h3-5H,1,6H2,2H3,(H,13,14). The van der Waals surface area contributed by atoms with E-state index in [9.17, 15) is 9.18 Å². The van der Waals surface area contributed by atoms with Crippen molar-refractivity contribution in [3.63, 3.8) is 0 Å². The van der Waals surface area contributed by atoms with Gasteiger partial charge in [-0.05, 0) is 24.6 Å². The number of halogens is 1. The first kappa shape index (κ1) is 11.2. The Bertz CT molecular complexity index is 399. The van der Waals surface area contributed by atoms with Gasteiger partial charge in [-0.25, -0.2) is 9.18 Å². The molecule has 0 aliphatic rings. The van der Waals surface area contributed by atoms with Gasteiger partial charge in [0.05, 0.1) is 0 Å². The molecule has 0 saturated heterocycles. The van der Waals surface area contributed by atoms with E-state index in [4.69, 9.17) is 9.84 Å². The fraction of sp³-hybridized carbons (Fsp3) is 0.182. The second kappa shape index (κ2) is 4.59. The number of carboxylic acids is 1. The Kier molecular flexibility index (Phi) is 3.44. The van der Waals surface area contributed by atoms with Crippen LogP contribution in [0.1, 0.15) is 17.3 Å². The first-order valence-corrected chi connectivity index (χ1v) is 4.30. The molecule has 0 aromatic heterocycles. The van der Waals surface area contributed by atoms with E-state index in [1.165, 1.54) is 6.07 Å². The van der Waals surface area contributed by atoms with Crippen molar-refractivity contribution in [1.82, 2.24) is 0 Å². The van der Waals surface area contributed by atoms with Crippen LogP contribution in [0.5, 0.6) is 5.75 Å². The maximum atomic E-state index is 12.8. The van der Waals surface area contributed by atoms with E-state index >= 15 is 0 Å². The zero-order valence-corrected chi connectivity index (χ0v) is 8.29. The summed E-state index contributed by atoms with van der Waals surface area (Å²) in [5, 5.41) is 8.80. The molecule has 3 nitrogen and oxygen atoms in total. The minimum atomic E-state index is -1.15. The van der Waals surface area contributed by atoms with Crippen LogP contribution in [0.25, 0.3) is 0 Å². The Hall–Kier alpha value is -1.84. The summed E-state index contributed by atoms with van der Waals surface area (Å²) in [6, 6.07) is 3.30. The van der Waals surface area contributed by atoms with Crippen molar-refractivity contribution in [3.8, 4) is 5.75 Å². The van der Waals surface area contributed by atoms with Crippen LogP contribution in [0, 0.1) is 5.82 Å². The molecule has 1 aromatic rings. The molecule has 0 fully saturated rings. The first-order chi connectivity index (χ1) is 7.00. The molecule has 0 amide bonds. The Morgan fingerprint density at radius 3 is 2.80 bits per heavy atom. The molecule has 0 aliphatic carbocycles. The van der Waals surface area contributed by atoms with Crippen LogP contribution in [0.3, 0.4) is 0 Å². The third-order valence-electron chi connectivity index (χ3n) is 1.65. The van der Waals surface area contributed by atoms with Gasteiger partial charge in [-0.1, -0.05) is 6.58 Å². The fourth-order valence-corrected chi connectivity index (χ4v) is 0.993. The van der Waals surface area contributed by atoms with Gasteiger partial charge in [0.1, 0.15) is 23.7 Å². The quantitative estimate of drug-likeness (QED) is 0.776. The zero-order chi connectivity index (χ0) is 11.4. The highest BCUT2D eigenvalue weighted by Gasteiger charge is 2.11. The highest BCUT2D eigenvalue weighted by molar-refractivity contribution is 5.90. The molecule has 80 valence electrons. The van der Waals surface area contributed by atoms with Crippen molar-refractivity contribution in [2.75, 3.05) is 6.61 Å². The SMILES string of the molecule is C=C(C)COc1cc(F)ccc1C(=O)O. The van der Waals surface area contributed by atoms with E-state index in [1.54, 1.807) is 6.92 Å². The third-order valence-corrected chi connectivity index (χ3v) is 1.65. The number of aromatic carboxylic acids is 1. The summed E-state index contributed by atoms with van der Waals surface area (Å²) in [6.45, 7) is 5.51. The number of hydrogen-bond donors (Lipinski definition) is 1. The average molecular weight is 210 g/mol. The lowest BCUT2D eigenvalue weighted by Crippen LogP contribution is -2.05. The van der Waals surface area contributed by atoms with Gasteiger partial charge in [-0.3, -0.25) is 0 Å². The van der Waals surface area contributed by atoms with Crippen molar-refractivity contribution in [1.29, 1.82) is 0 Å². The maximum Gasteiger partial charge on any atom is 0.339 e. The molecule has 0 radical (unpaired) electrons. The minimum absolute atomic E-state index is 0.0190. The second-order valence-corrected chi connectivity index (χ2v) is 3.19. The summed E-state index contributed by atoms with van der Waals surface area (Å²) in [6.07, 6.45) is 0. The number of ether oxygens (including phenoxy) is 1. The molecule has 0 spiro atoms. The largest absolute Gasteiger partial charge is 0.488 e. The smallest absolute Gasteiger partial charge is 0.339 e. The lowest BCUT2D eigenvalue weighted by atomic mass is 10.2. The third kappa shape index (κ3) is 3.09. The predicted octanol–water partition coefficient (Wildman–Crippen LogP) is 2.48. The van der Waals surface area contributed by atoms with Crippen LogP contribution in [0.4, 0.5) is 4.39 Å². The Balaban J connectivity index is 2.96. The van der Waals surface area contributed by atoms with Gasteiger partial charge in [0.15, 0.2) is 0 Å². The van der Waals surface area contributed by atoms with Crippen LogP contribution in [-0.4, -0.2) is 17.7 Å². The van der Waals surface area contributed by atoms with Crippen LogP contribution in [-0.2, 0) is 0 Å². The molecule has 1 N–H and O–H groups in total. The van der Waals surface area contributed by atoms with E-state index < -0.39 is 11.8 Å². The molecule has 4 heteroatoms. The lowest BCUT2D eigenvalue weighted by Gasteiger charge is -2.08.